The van der Waals surface area contributed by atoms with Gasteiger partial charge in [0, 0.05) is 17.8 Å². The maximum absolute atomic E-state index is 5.34. The van der Waals surface area contributed by atoms with E-state index in [1.54, 1.807) is 20.1 Å². The van der Waals surface area contributed by atoms with E-state index in [2.05, 4.69) is 20.7 Å². The number of hydrogen-bond acceptors (Lipinski definition) is 6. The van der Waals surface area contributed by atoms with Crippen molar-refractivity contribution in [3.8, 4) is 5.75 Å². The summed E-state index contributed by atoms with van der Waals surface area (Å²) in [5, 5.41) is 3.17. The SMILES string of the molecule is COc1cccc(Nc2cc(NN)nc(C)n2)c1. The molecule has 4 N–H and O–H groups in total. The van der Waals surface area contributed by atoms with Gasteiger partial charge in [-0.1, -0.05) is 6.07 Å². The third-order valence-electron chi connectivity index (χ3n) is 2.33. The van der Waals surface area contributed by atoms with Crippen molar-refractivity contribution in [2.24, 2.45) is 5.84 Å². The van der Waals surface area contributed by atoms with E-state index in [4.69, 9.17) is 10.6 Å². The van der Waals surface area contributed by atoms with Gasteiger partial charge in [-0.25, -0.2) is 15.8 Å². The fourth-order valence-electron chi connectivity index (χ4n) is 1.55. The van der Waals surface area contributed by atoms with Crippen molar-refractivity contribution < 1.29 is 4.74 Å². The zero-order chi connectivity index (χ0) is 13.0. The minimum absolute atomic E-state index is 0.563. The number of hydrogen-bond donors (Lipinski definition) is 3. The van der Waals surface area contributed by atoms with Crippen LogP contribution in [0.4, 0.5) is 17.3 Å². The molecule has 1 heterocycles. The summed E-state index contributed by atoms with van der Waals surface area (Å²) in [4.78, 5) is 8.39. The molecule has 1 aromatic heterocycles. The van der Waals surface area contributed by atoms with Crippen LogP contribution >= 0.6 is 0 Å². The van der Waals surface area contributed by atoms with Crippen molar-refractivity contribution >= 4 is 17.3 Å². The van der Waals surface area contributed by atoms with Crippen molar-refractivity contribution in [1.82, 2.24) is 9.97 Å². The lowest BCUT2D eigenvalue weighted by Gasteiger charge is -2.09. The number of nitrogens with one attached hydrogen (secondary N) is 2. The maximum Gasteiger partial charge on any atom is 0.145 e. The van der Waals surface area contributed by atoms with E-state index in [9.17, 15) is 0 Å². The van der Waals surface area contributed by atoms with Crippen LogP contribution in [0.15, 0.2) is 30.3 Å². The first kappa shape index (κ1) is 12.1. The molecule has 0 aliphatic carbocycles. The Morgan fingerprint density at radius 2 is 1.94 bits per heavy atom. The first-order valence-corrected chi connectivity index (χ1v) is 5.44. The van der Waals surface area contributed by atoms with Crippen molar-refractivity contribution in [3.05, 3.63) is 36.2 Å². The van der Waals surface area contributed by atoms with Crippen molar-refractivity contribution in [3.63, 3.8) is 0 Å². The smallest absolute Gasteiger partial charge is 0.145 e. The van der Waals surface area contributed by atoms with Crippen LogP contribution in [0.2, 0.25) is 0 Å². The second kappa shape index (κ2) is 5.33. The van der Waals surface area contributed by atoms with E-state index in [0.29, 0.717) is 17.5 Å². The summed E-state index contributed by atoms with van der Waals surface area (Å²) in [6, 6.07) is 9.32. The zero-order valence-electron chi connectivity index (χ0n) is 10.3. The van der Waals surface area contributed by atoms with Crippen molar-refractivity contribution in [2.75, 3.05) is 17.9 Å². The molecule has 0 amide bonds. The van der Waals surface area contributed by atoms with E-state index in [1.165, 1.54) is 0 Å². The average molecular weight is 245 g/mol. The predicted octanol–water partition coefficient (Wildman–Crippen LogP) is 1.82. The first-order valence-electron chi connectivity index (χ1n) is 5.44. The number of methoxy groups -OCH3 is 1. The lowest BCUT2D eigenvalue weighted by molar-refractivity contribution is 0.415. The molecule has 0 atom stereocenters. The number of aryl methyl sites for hydroxylation is 1. The Hall–Kier alpha value is -2.34. The fraction of sp³-hybridized carbons (Fsp3) is 0.167. The standard InChI is InChI=1S/C12H15N5O/c1-8-14-11(7-12(15-8)17-13)16-9-4-3-5-10(6-9)18-2/h3-7H,13H2,1-2H3,(H2,14,15,16,17). The Bertz CT molecular complexity index is 544. The molecule has 1 aromatic carbocycles. The van der Waals surface area contributed by atoms with Gasteiger partial charge in [-0.15, -0.1) is 0 Å². The van der Waals surface area contributed by atoms with Crippen LogP contribution in [0.5, 0.6) is 5.75 Å². The molecule has 0 bridgehead atoms. The van der Waals surface area contributed by atoms with Gasteiger partial charge in [-0.3, -0.25) is 0 Å². The number of aromatic nitrogens is 2. The quantitative estimate of drug-likeness (QED) is 0.563. The Labute approximate surface area is 105 Å². The molecule has 6 nitrogen and oxygen atoms in total. The molecular weight excluding hydrogens is 230 g/mol. The summed E-state index contributed by atoms with van der Waals surface area (Å²) in [6.07, 6.45) is 0. The van der Waals surface area contributed by atoms with Crippen LogP contribution in [-0.2, 0) is 0 Å². The summed E-state index contributed by atoms with van der Waals surface area (Å²) < 4.78 is 5.16. The Kier molecular flexibility index (Phi) is 3.59. The van der Waals surface area contributed by atoms with Gasteiger partial charge in [0.1, 0.15) is 23.2 Å². The second-order valence-corrected chi connectivity index (χ2v) is 3.69. The Morgan fingerprint density at radius 1 is 1.17 bits per heavy atom. The van der Waals surface area contributed by atoms with Crippen LogP contribution in [0, 0.1) is 6.92 Å². The van der Waals surface area contributed by atoms with Gasteiger partial charge in [0.05, 0.1) is 7.11 Å². The number of nitrogens with zero attached hydrogens (tertiary/aromatic N) is 2. The van der Waals surface area contributed by atoms with Crippen LogP contribution in [0.25, 0.3) is 0 Å². The molecule has 0 radical (unpaired) electrons. The summed E-state index contributed by atoms with van der Waals surface area (Å²) in [7, 11) is 1.63. The topological polar surface area (TPSA) is 85.1 Å². The van der Waals surface area contributed by atoms with Crippen molar-refractivity contribution in [1.29, 1.82) is 0 Å². The Balaban J connectivity index is 2.24. The minimum Gasteiger partial charge on any atom is -0.497 e. The van der Waals surface area contributed by atoms with E-state index in [-0.39, 0.29) is 0 Å². The summed E-state index contributed by atoms with van der Waals surface area (Å²) >= 11 is 0. The van der Waals surface area contributed by atoms with Gasteiger partial charge in [-0.2, -0.15) is 0 Å². The van der Waals surface area contributed by atoms with Crippen LogP contribution < -0.4 is 21.3 Å². The highest BCUT2D eigenvalue weighted by atomic mass is 16.5. The lowest BCUT2D eigenvalue weighted by Crippen LogP contribution is -2.10. The maximum atomic E-state index is 5.34. The summed E-state index contributed by atoms with van der Waals surface area (Å²) in [5.41, 5.74) is 3.39. The molecule has 2 rings (SSSR count). The zero-order valence-corrected chi connectivity index (χ0v) is 10.3. The molecular formula is C12H15N5O. The number of hydrazine groups is 1. The number of rotatable bonds is 4. The highest BCUT2D eigenvalue weighted by Crippen LogP contribution is 2.21. The number of nitrogen functional groups attached to an aromatic ring is 1. The monoisotopic (exact) mass is 245 g/mol. The summed E-state index contributed by atoms with van der Waals surface area (Å²) in [5.74, 6) is 7.99. The van der Waals surface area contributed by atoms with Crippen LogP contribution in [-0.4, -0.2) is 17.1 Å². The van der Waals surface area contributed by atoms with E-state index < -0.39 is 0 Å². The Morgan fingerprint density at radius 3 is 2.67 bits per heavy atom. The largest absolute Gasteiger partial charge is 0.497 e. The molecule has 0 saturated carbocycles. The second-order valence-electron chi connectivity index (χ2n) is 3.69. The molecule has 18 heavy (non-hydrogen) atoms. The third-order valence-corrected chi connectivity index (χ3v) is 2.33. The van der Waals surface area contributed by atoms with Gasteiger partial charge >= 0.3 is 0 Å². The van der Waals surface area contributed by atoms with Crippen LogP contribution in [0.3, 0.4) is 0 Å². The van der Waals surface area contributed by atoms with Gasteiger partial charge in [0.25, 0.3) is 0 Å². The molecule has 94 valence electrons. The van der Waals surface area contributed by atoms with Crippen LogP contribution in [0.1, 0.15) is 5.82 Å². The van der Waals surface area contributed by atoms with E-state index in [0.717, 1.165) is 11.4 Å². The van der Waals surface area contributed by atoms with E-state index >= 15 is 0 Å². The highest BCUT2D eigenvalue weighted by molar-refractivity contribution is 5.60. The molecule has 0 unspecified atom stereocenters. The third kappa shape index (κ3) is 2.86. The van der Waals surface area contributed by atoms with Gasteiger partial charge in [0.2, 0.25) is 0 Å². The fourth-order valence-corrected chi connectivity index (χ4v) is 1.55. The molecule has 0 saturated heterocycles. The first-order chi connectivity index (χ1) is 8.71. The molecule has 0 fully saturated rings. The van der Waals surface area contributed by atoms with Crippen molar-refractivity contribution in [2.45, 2.75) is 6.92 Å². The molecule has 0 aliphatic heterocycles. The lowest BCUT2D eigenvalue weighted by atomic mass is 10.3. The molecule has 2 aromatic rings. The minimum atomic E-state index is 0.563. The predicted molar refractivity (Wildman–Crippen MR) is 70.9 cm³/mol. The van der Waals surface area contributed by atoms with Gasteiger partial charge in [-0.05, 0) is 19.1 Å². The molecule has 0 spiro atoms. The normalized spacial score (nSPS) is 9.94. The molecule has 0 aliphatic rings. The number of benzene rings is 1. The average Bonchev–Trinajstić information content (AvgIpc) is 2.38. The number of ether oxygens (including phenoxy) is 1. The highest BCUT2D eigenvalue weighted by Gasteiger charge is 2.02. The number of nitrogens with two attached hydrogens (primary N) is 1. The number of anilines is 3. The molecule has 6 heteroatoms. The van der Waals surface area contributed by atoms with Gasteiger partial charge in [0.15, 0.2) is 0 Å². The summed E-state index contributed by atoms with van der Waals surface area (Å²) in [6.45, 7) is 1.80. The van der Waals surface area contributed by atoms with E-state index in [1.807, 2.05) is 24.3 Å². The van der Waals surface area contributed by atoms with Gasteiger partial charge < -0.3 is 15.5 Å².